The maximum Gasteiger partial charge on any atom is 0.270 e. The maximum absolute atomic E-state index is 12.7. The molecule has 0 unspecified atom stereocenters. The molecule has 2 aromatic rings. The topological polar surface area (TPSA) is 64.8 Å². The van der Waals surface area contributed by atoms with Gasteiger partial charge in [0.15, 0.2) is 5.60 Å². The Bertz CT molecular complexity index is 729. The average molecular weight is 326 g/mol. The van der Waals surface area contributed by atoms with E-state index in [9.17, 15) is 4.79 Å². The molecule has 0 spiro atoms. The Kier molecular flexibility index (Phi) is 4.34. The van der Waals surface area contributed by atoms with E-state index >= 15 is 0 Å². The summed E-state index contributed by atoms with van der Waals surface area (Å²) in [6.07, 6.45) is 0.713. The number of anilines is 2. The molecule has 0 aromatic heterocycles. The van der Waals surface area contributed by atoms with Crippen molar-refractivity contribution in [2.24, 2.45) is 0 Å². The lowest BCUT2D eigenvalue weighted by atomic mass is 10.0. The van der Waals surface area contributed by atoms with Gasteiger partial charge in [-0.05, 0) is 50.6 Å². The van der Waals surface area contributed by atoms with E-state index in [0.717, 1.165) is 11.4 Å². The summed E-state index contributed by atoms with van der Waals surface area (Å²) in [6.45, 7) is 4.64. The second-order valence-electron chi connectivity index (χ2n) is 6.31. The van der Waals surface area contributed by atoms with Crippen LogP contribution < -0.4 is 20.1 Å². The van der Waals surface area contributed by atoms with Gasteiger partial charge in [0.25, 0.3) is 5.91 Å². The SMILES string of the molecule is CC1(C)Oc2ccc(N)cc2N(CCCOc2ccccc2)C1=O. The standard InChI is InChI=1S/C19H22N2O3/c1-19(2)18(22)21(16-13-14(20)9-10-17(16)24-19)11-6-12-23-15-7-4-3-5-8-15/h3-5,7-10,13H,6,11-12,20H2,1-2H3. The molecular formula is C19H22N2O3. The van der Waals surface area contributed by atoms with Crippen LogP contribution in [0.1, 0.15) is 20.3 Å². The molecule has 5 heteroatoms. The minimum Gasteiger partial charge on any atom is -0.494 e. The molecule has 3 rings (SSSR count). The van der Waals surface area contributed by atoms with Crippen LogP contribution in [0.3, 0.4) is 0 Å². The molecule has 1 amide bonds. The Balaban J connectivity index is 1.69. The highest BCUT2D eigenvalue weighted by molar-refractivity contribution is 6.02. The molecule has 0 radical (unpaired) electrons. The van der Waals surface area contributed by atoms with Crippen LogP contribution in [0, 0.1) is 0 Å². The van der Waals surface area contributed by atoms with Gasteiger partial charge in [-0.2, -0.15) is 0 Å². The van der Waals surface area contributed by atoms with Crippen LogP contribution in [0.25, 0.3) is 0 Å². The lowest BCUT2D eigenvalue weighted by Gasteiger charge is -2.39. The molecule has 24 heavy (non-hydrogen) atoms. The molecule has 0 atom stereocenters. The van der Waals surface area contributed by atoms with E-state index in [4.69, 9.17) is 15.2 Å². The number of nitrogens with two attached hydrogens (primary N) is 1. The summed E-state index contributed by atoms with van der Waals surface area (Å²) in [5.74, 6) is 1.44. The average Bonchev–Trinajstić information content (AvgIpc) is 2.56. The second-order valence-corrected chi connectivity index (χ2v) is 6.31. The molecule has 0 fully saturated rings. The van der Waals surface area contributed by atoms with Crippen LogP contribution >= 0.6 is 0 Å². The second kappa shape index (κ2) is 6.43. The van der Waals surface area contributed by atoms with Gasteiger partial charge in [0.2, 0.25) is 0 Å². The number of amides is 1. The number of nitrogens with zero attached hydrogens (tertiary/aromatic N) is 1. The lowest BCUT2D eigenvalue weighted by molar-refractivity contribution is -0.132. The van der Waals surface area contributed by atoms with E-state index in [1.807, 2.05) is 36.4 Å². The number of rotatable bonds is 5. The number of carbonyl (C=O) groups excluding carboxylic acids is 1. The first-order chi connectivity index (χ1) is 11.5. The molecule has 0 saturated carbocycles. The largest absolute Gasteiger partial charge is 0.494 e. The summed E-state index contributed by atoms with van der Waals surface area (Å²) in [5, 5.41) is 0. The quantitative estimate of drug-likeness (QED) is 0.677. The summed E-state index contributed by atoms with van der Waals surface area (Å²) in [5.41, 5.74) is 6.31. The van der Waals surface area contributed by atoms with Crippen molar-refractivity contribution in [3.8, 4) is 11.5 Å². The van der Waals surface area contributed by atoms with E-state index in [1.54, 1.807) is 30.9 Å². The maximum atomic E-state index is 12.7. The van der Waals surface area contributed by atoms with Crippen LogP contribution in [0.5, 0.6) is 11.5 Å². The summed E-state index contributed by atoms with van der Waals surface area (Å²) in [4.78, 5) is 14.4. The fourth-order valence-electron chi connectivity index (χ4n) is 2.74. The zero-order chi connectivity index (χ0) is 17.2. The van der Waals surface area contributed by atoms with E-state index in [1.165, 1.54) is 0 Å². The Labute approximate surface area is 142 Å². The molecule has 0 aliphatic carbocycles. The molecular weight excluding hydrogens is 304 g/mol. The van der Waals surface area contributed by atoms with Gasteiger partial charge in [-0.1, -0.05) is 18.2 Å². The van der Waals surface area contributed by atoms with Crippen molar-refractivity contribution in [1.82, 2.24) is 0 Å². The number of benzene rings is 2. The van der Waals surface area contributed by atoms with Gasteiger partial charge in [0.05, 0.1) is 12.3 Å². The summed E-state index contributed by atoms with van der Waals surface area (Å²) in [7, 11) is 0. The fourth-order valence-corrected chi connectivity index (χ4v) is 2.74. The number of para-hydroxylation sites is 1. The van der Waals surface area contributed by atoms with Crippen LogP contribution in [-0.4, -0.2) is 24.7 Å². The molecule has 5 nitrogen and oxygen atoms in total. The molecule has 2 N–H and O–H groups in total. The summed E-state index contributed by atoms with van der Waals surface area (Å²) < 4.78 is 11.5. The minimum absolute atomic E-state index is 0.0692. The molecule has 2 aromatic carbocycles. The molecule has 1 aliphatic rings. The van der Waals surface area contributed by atoms with Crippen LogP contribution in [0.15, 0.2) is 48.5 Å². The third-order valence-electron chi connectivity index (χ3n) is 3.94. The lowest BCUT2D eigenvalue weighted by Crippen LogP contribution is -2.52. The number of hydrogen-bond acceptors (Lipinski definition) is 4. The molecule has 0 saturated heterocycles. The zero-order valence-corrected chi connectivity index (χ0v) is 14.0. The highest BCUT2D eigenvalue weighted by Gasteiger charge is 2.40. The van der Waals surface area contributed by atoms with E-state index in [0.29, 0.717) is 31.0 Å². The van der Waals surface area contributed by atoms with Gasteiger partial charge in [0.1, 0.15) is 11.5 Å². The van der Waals surface area contributed by atoms with Crippen molar-refractivity contribution in [2.45, 2.75) is 25.9 Å². The Hall–Kier alpha value is -2.69. The van der Waals surface area contributed by atoms with Crippen molar-refractivity contribution in [2.75, 3.05) is 23.8 Å². The predicted octanol–water partition coefficient (Wildman–Crippen LogP) is 3.24. The first kappa shape index (κ1) is 16.2. The number of ether oxygens (including phenoxy) is 2. The normalized spacial score (nSPS) is 15.6. The summed E-state index contributed by atoms with van der Waals surface area (Å²) in [6, 6.07) is 15.0. The molecule has 126 valence electrons. The number of carbonyl (C=O) groups is 1. The Morgan fingerprint density at radius 1 is 1.17 bits per heavy atom. The molecule has 1 aliphatic heterocycles. The van der Waals surface area contributed by atoms with Gasteiger partial charge in [-0.3, -0.25) is 4.79 Å². The Morgan fingerprint density at radius 2 is 1.92 bits per heavy atom. The van der Waals surface area contributed by atoms with Crippen molar-refractivity contribution < 1.29 is 14.3 Å². The van der Waals surface area contributed by atoms with Crippen LogP contribution in [0.4, 0.5) is 11.4 Å². The molecule has 0 bridgehead atoms. The van der Waals surface area contributed by atoms with Crippen molar-refractivity contribution in [3.05, 3.63) is 48.5 Å². The van der Waals surface area contributed by atoms with Crippen LogP contribution in [-0.2, 0) is 4.79 Å². The van der Waals surface area contributed by atoms with E-state index in [2.05, 4.69) is 0 Å². The first-order valence-electron chi connectivity index (χ1n) is 8.06. The van der Waals surface area contributed by atoms with Gasteiger partial charge >= 0.3 is 0 Å². The zero-order valence-electron chi connectivity index (χ0n) is 14.0. The first-order valence-corrected chi connectivity index (χ1v) is 8.06. The van der Waals surface area contributed by atoms with Crippen molar-refractivity contribution in [1.29, 1.82) is 0 Å². The third-order valence-corrected chi connectivity index (χ3v) is 3.94. The highest BCUT2D eigenvalue weighted by atomic mass is 16.5. The smallest absolute Gasteiger partial charge is 0.270 e. The van der Waals surface area contributed by atoms with Crippen molar-refractivity contribution >= 4 is 17.3 Å². The highest BCUT2D eigenvalue weighted by Crippen LogP contribution is 2.38. The monoisotopic (exact) mass is 326 g/mol. The van der Waals surface area contributed by atoms with Gasteiger partial charge in [0, 0.05) is 12.2 Å². The fraction of sp³-hybridized carbons (Fsp3) is 0.316. The third kappa shape index (κ3) is 3.30. The minimum atomic E-state index is -0.886. The Morgan fingerprint density at radius 3 is 2.67 bits per heavy atom. The number of fused-ring (bicyclic) bond motifs is 1. The summed E-state index contributed by atoms with van der Waals surface area (Å²) >= 11 is 0. The predicted molar refractivity (Wildman–Crippen MR) is 94.5 cm³/mol. The molecule has 1 heterocycles. The van der Waals surface area contributed by atoms with Crippen LogP contribution in [0.2, 0.25) is 0 Å². The van der Waals surface area contributed by atoms with Gasteiger partial charge in [-0.25, -0.2) is 0 Å². The number of nitrogen functional groups attached to an aromatic ring is 1. The van der Waals surface area contributed by atoms with Gasteiger partial charge < -0.3 is 20.1 Å². The van der Waals surface area contributed by atoms with Gasteiger partial charge in [-0.15, -0.1) is 0 Å². The van der Waals surface area contributed by atoms with E-state index in [-0.39, 0.29) is 5.91 Å². The number of hydrogen-bond donors (Lipinski definition) is 1. The van der Waals surface area contributed by atoms with E-state index < -0.39 is 5.60 Å². The van der Waals surface area contributed by atoms with Crippen molar-refractivity contribution in [3.63, 3.8) is 0 Å².